The molecule has 0 aliphatic carbocycles. The summed E-state index contributed by atoms with van der Waals surface area (Å²) in [6.45, 7) is 2.96. The molecule has 0 atom stereocenters. The molecular weight excluding hydrogens is 265 g/mol. The molecule has 0 aliphatic heterocycles. The summed E-state index contributed by atoms with van der Waals surface area (Å²) in [5.74, 6) is -1.56. The molecule has 0 heterocycles. The van der Waals surface area contributed by atoms with Gasteiger partial charge in [-0.1, -0.05) is 0 Å². The highest BCUT2D eigenvalue weighted by molar-refractivity contribution is 9.10. The molecule has 1 aromatic carbocycles. The number of aliphatic carboxylic acids is 1. The molecule has 82 valence electrons. The van der Waals surface area contributed by atoms with E-state index in [0.717, 1.165) is 6.07 Å². The van der Waals surface area contributed by atoms with E-state index in [1.165, 1.54) is 19.9 Å². The SMILES string of the molecule is CC(C)(C(=O)O)c1cc(F)cc(Br)c1N. The van der Waals surface area contributed by atoms with E-state index < -0.39 is 17.2 Å². The van der Waals surface area contributed by atoms with Gasteiger partial charge in [-0.25, -0.2) is 4.39 Å². The van der Waals surface area contributed by atoms with Crippen molar-refractivity contribution in [2.75, 3.05) is 5.73 Å². The minimum absolute atomic E-state index is 0.254. The number of hydrogen-bond acceptors (Lipinski definition) is 2. The second-order valence-corrected chi connectivity index (χ2v) is 4.63. The van der Waals surface area contributed by atoms with Gasteiger partial charge in [0.15, 0.2) is 0 Å². The topological polar surface area (TPSA) is 63.3 Å². The molecule has 0 unspecified atom stereocenters. The zero-order chi connectivity index (χ0) is 11.8. The number of nitrogens with two attached hydrogens (primary N) is 1. The minimum Gasteiger partial charge on any atom is -0.481 e. The van der Waals surface area contributed by atoms with Crippen molar-refractivity contribution in [1.29, 1.82) is 0 Å². The van der Waals surface area contributed by atoms with Crippen LogP contribution in [0.3, 0.4) is 0 Å². The predicted molar refractivity (Wildman–Crippen MR) is 59.2 cm³/mol. The van der Waals surface area contributed by atoms with Crippen LogP contribution in [-0.4, -0.2) is 11.1 Å². The normalized spacial score (nSPS) is 11.5. The molecule has 15 heavy (non-hydrogen) atoms. The summed E-state index contributed by atoms with van der Waals surface area (Å²) >= 11 is 3.08. The Hall–Kier alpha value is -1.10. The van der Waals surface area contributed by atoms with Crippen LogP contribution < -0.4 is 5.73 Å². The molecule has 0 radical (unpaired) electrons. The van der Waals surface area contributed by atoms with Crippen LogP contribution in [0, 0.1) is 5.82 Å². The Kier molecular flexibility index (Phi) is 3.04. The molecule has 0 aliphatic rings. The minimum atomic E-state index is -1.21. The van der Waals surface area contributed by atoms with Gasteiger partial charge in [0.25, 0.3) is 0 Å². The van der Waals surface area contributed by atoms with Gasteiger partial charge in [-0.3, -0.25) is 4.79 Å². The zero-order valence-electron chi connectivity index (χ0n) is 8.34. The number of carbonyl (C=O) groups is 1. The number of rotatable bonds is 2. The molecular formula is C10H11BrFNO2. The molecule has 5 heteroatoms. The Morgan fingerprint density at radius 3 is 2.53 bits per heavy atom. The molecule has 0 aromatic heterocycles. The number of hydrogen-bond donors (Lipinski definition) is 2. The van der Waals surface area contributed by atoms with Crippen molar-refractivity contribution in [2.24, 2.45) is 0 Å². The van der Waals surface area contributed by atoms with Crippen LogP contribution in [0.15, 0.2) is 16.6 Å². The fraction of sp³-hybridized carbons (Fsp3) is 0.300. The second-order valence-electron chi connectivity index (χ2n) is 3.78. The summed E-state index contributed by atoms with van der Waals surface area (Å²) in [7, 11) is 0. The summed E-state index contributed by atoms with van der Waals surface area (Å²) in [4.78, 5) is 11.0. The third-order valence-electron chi connectivity index (χ3n) is 2.30. The Labute approximate surface area is 95.2 Å². The molecule has 3 nitrogen and oxygen atoms in total. The Morgan fingerprint density at radius 2 is 2.07 bits per heavy atom. The summed E-state index contributed by atoms with van der Waals surface area (Å²) in [6, 6.07) is 2.35. The van der Waals surface area contributed by atoms with Crippen molar-refractivity contribution in [1.82, 2.24) is 0 Å². The number of halogens is 2. The molecule has 1 rings (SSSR count). The van der Waals surface area contributed by atoms with Gasteiger partial charge in [0, 0.05) is 4.47 Å². The maximum Gasteiger partial charge on any atom is 0.313 e. The van der Waals surface area contributed by atoms with Gasteiger partial charge < -0.3 is 10.8 Å². The first-order valence-electron chi connectivity index (χ1n) is 4.25. The van der Waals surface area contributed by atoms with E-state index in [1.807, 2.05) is 0 Å². The van der Waals surface area contributed by atoms with Gasteiger partial charge >= 0.3 is 5.97 Å². The van der Waals surface area contributed by atoms with Crippen molar-refractivity contribution in [3.05, 3.63) is 28.0 Å². The highest BCUT2D eigenvalue weighted by Crippen LogP contribution is 2.34. The van der Waals surface area contributed by atoms with Crippen molar-refractivity contribution in [3.8, 4) is 0 Å². The third-order valence-corrected chi connectivity index (χ3v) is 2.96. The highest BCUT2D eigenvalue weighted by Gasteiger charge is 2.32. The van der Waals surface area contributed by atoms with E-state index in [9.17, 15) is 9.18 Å². The Morgan fingerprint density at radius 1 is 1.53 bits per heavy atom. The van der Waals surface area contributed by atoms with E-state index in [-0.39, 0.29) is 11.3 Å². The monoisotopic (exact) mass is 275 g/mol. The average Bonchev–Trinajstić information content (AvgIpc) is 2.10. The van der Waals surface area contributed by atoms with E-state index in [0.29, 0.717) is 4.47 Å². The number of anilines is 1. The summed E-state index contributed by atoms with van der Waals surface area (Å²) in [6.07, 6.45) is 0. The first-order valence-corrected chi connectivity index (χ1v) is 5.04. The predicted octanol–water partition coefficient (Wildman–Crippen LogP) is 2.53. The quantitative estimate of drug-likeness (QED) is 0.816. The number of carboxylic acid groups (broad SMARTS) is 1. The standard InChI is InChI=1S/C10H11BrFNO2/c1-10(2,9(14)15)6-3-5(12)4-7(11)8(6)13/h3-4H,13H2,1-2H3,(H,14,15). The van der Waals surface area contributed by atoms with E-state index >= 15 is 0 Å². The molecule has 0 saturated carbocycles. The van der Waals surface area contributed by atoms with Crippen LogP contribution in [-0.2, 0) is 10.2 Å². The lowest BCUT2D eigenvalue weighted by Gasteiger charge is -2.22. The molecule has 0 bridgehead atoms. The number of nitrogen functional groups attached to an aromatic ring is 1. The first-order chi connectivity index (χ1) is 6.76. The van der Waals surface area contributed by atoms with Gasteiger partial charge in [-0.05, 0) is 47.5 Å². The smallest absolute Gasteiger partial charge is 0.313 e. The lowest BCUT2D eigenvalue weighted by Crippen LogP contribution is -2.29. The van der Waals surface area contributed by atoms with Crippen LogP contribution in [0.4, 0.5) is 10.1 Å². The molecule has 1 aromatic rings. The lowest BCUT2D eigenvalue weighted by molar-refractivity contribution is -0.142. The average molecular weight is 276 g/mol. The van der Waals surface area contributed by atoms with E-state index in [4.69, 9.17) is 10.8 Å². The van der Waals surface area contributed by atoms with E-state index in [1.54, 1.807) is 0 Å². The molecule has 3 N–H and O–H groups in total. The van der Waals surface area contributed by atoms with Gasteiger partial charge in [0.1, 0.15) is 5.82 Å². The van der Waals surface area contributed by atoms with E-state index in [2.05, 4.69) is 15.9 Å². The van der Waals surface area contributed by atoms with Crippen LogP contribution in [0.2, 0.25) is 0 Å². The maximum absolute atomic E-state index is 13.1. The van der Waals surface area contributed by atoms with Crippen molar-refractivity contribution < 1.29 is 14.3 Å². The fourth-order valence-electron chi connectivity index (χ4n) is 1.22. The van der Waals surface area contributed by atoms with Crippen LogP contribution in [0.1, 0.15) is 19.4 Å². The van der Waals surface area contributed by atoms with Crippen molar-refractivity contribution in [3.63, 3.8) is 0 Å². The van der Waals surface area contributed by atoms with Crippen molar-refractivity contribution >= 4 is 27.6 Å². The van der Waals surface area contributed by atoms with Gasteiger partial charge in [0.05, 0.1) is 11.1 Å². The van der Waals surface area contributed by atoms with Crippen LogP contribution in [0.25, 0.3) is 0 Å². The number of carboxylic acids is 1. The summed E-state index contributed by atoms with van der Waals surface area (Å²) in [5, 5.41) is 9.01. The largest absolute Gasteiger partial charge is 0.481 e. The van der Waals surface area contributed by atoms with Crippen LogP contribution in [0.5, 0.6) is 0 Å². The zero-order valence-corrected chi connectivity index (χ0v) is 9.93. The molecule has 0 spiro atoms. The first kappa shape index (κ1) is 12.0. The second kappa shape index (κ2) is 3.81. The summed E-state index contributed by atoms with van der Waals surface area (Å²) in [5.41, 5.74) is 5.00. The third kappa shape index (κ3) is 2.12. The van der Waals surface area contributed by atoms with Crippen LogP contribution >= 0.6 is 15.9 Å². The Bertz CT molecular complexity index is 418. The van der Waals surface area contributed by atoms with Gasteiger partial charge in [-0.2, -0.15) is 0 Å². The Balaban J connectivity index is 3.43. The summed E-state index contributed by atoms with van der Waals surface area (Å²) < 4.78 is 13.5. The molecule has 0 fully saturated rings. The number of benzene rings is 1. The van der Waals surface area contributed by atoms with Gasteiger partial charge in [-0.15, -0.1) is 0 Å². The lowest BCUT2D eigenvalue weighted by atomic mass is 9.83. The van der Waals surface area contributed by atoms with Gasteiger partial charge in [0.2, 0.25) is 0 Å². The fourth-order valence-corrected chi connectivity index (χ4v) is 1.65. The molecule has 0 amide bonds. The highest BCUT2D eigenvalue weighted by atomic mass is 79.9. The molecule has 0 saturated heterocycles. The van der Waals surface area contributed by atoms with Crippen molar-refractivity contribution in [2.45, 2.75) is 19.3 Å². The maximum atomic E-state index is 13.1.